The van der Waals surface area contributed by atoms with Crippen LogP contribution in [-0.4, -0.2) is 31.6 Å². The molecule has 0 saturated heterocycles. The van der Waals surface area contributed by atoms with Gasteiger partial charge in [0, 0.05) is 16.3 Å². The number of aryl methyl sites for hydroxylation is 2. The van der Waals surface area contributed by atoms with Gasteiger partial charge in [0.05, 0.1) is 18.7 Å². The van der Waals surface area contributed by atoms with E-state index in [-0.39, 0.29) is 12.3 Å². The lowest BCUT2D eigenvalue weighted by Crippen LogP contribution is -2.29. The standard InChI is InChI=1S/C16H16N4O3S/c1-9-6-10(2)20-15(18-9)11(8-17-20)16(23)19-12(7-14(21)22)13-4-3-5-24-13/h3-6,8,12H,7H2,1-2H3,(H,19,23)(H,21,22). The molecule has 124 valence electrons. The van der Waals surface area contributed by atoms with Crippen molar-refractivity contribution in [2.24, 2.45) is 0 Å². The minimum Gasteiger partial charge on any atom is -0.481 e. The lowest BCUT2D eigenvalue weighted by molar-refractivity contribution is -0.137. The molecule has 1 atom stereocenters. The number of carbonyl (C=O) groups is 2. The Labute approximate surface area is 142 Å². The molecule has 24 heavy (non-hydrogen) atoms. The number of carbonyl (C=O) groups excluding carboxylic acids is 1. The van der Waals surface area contributed by atoms with E-state index in [0.717, 1.165) is 16.3 Å². The van der Waals surface area contributed by atoms with Gasteiger partial charge in [-0.3, -0.25) is 9.59 Å². The number of amides is 1. The molecule has 1 unspecified atom stereocenters. The average molecular weight is 344 g/mol. The van der Waals surface area contributed by atoms with Crippen molar-refractivity contribution in [1.82, 2.24) is 19.9 Å². The highest BCUT2D eigenvalue weighted by Crippen LogP contribution is 2.23. The average Bonchev–Trinajstić information content (AvgIpc) is 3.15. The number of thiophene rings is 1. The Bertz CT molecular complexity index is 902. The van der Waals surface area contributed by atoms with Crippen LogP contribution in [0, 0.1) is 13.8 Å². The minimum absolute atomic E-state index is 0.184. The molecule has 0 radical (unpaired) electrons. The summed E-state index contributed by atoms with van der Waals surface area (Å²) in [5.41, 5.74) is 2.45. The molecular formula is C16H16N4O3S. The largest absolute Gasteiger partial charge is 0.481 e. The van der Waals surface area contributed by atoms with Gasteiger partial charge in [0.2, 0.25) is 0 Å². The maximum absolute atomic E-state index is 12.6. The summed E-state index contributed by atoms with van der Waals surface area (Å²) < 4.78 is 1.60. The van der Waals surface area contributed by atoms with E-state index in [9.17, 15) is 9.59 Å². The van der Waals surface area contributed by atoms with Crippen LogP contribution in [0.4, 0.5) is 0 Å². The third kappa shape index (κ3) is 3.13. The number of carboxylic acids is 1. The molecule has 0 fully saturated rings. The van der Waals surface area contributed by atoms with Crippen LogP contribution in [0.15, 0.2) is 29.8 Å². The van der Waals surface area contributed by atoms with Crippen molar-refractivity contribution < 1.29 is 14.7 Å². The fourth-order valence-corrected chi connectivity index (χ4v) is 3.33. The Kier molecular flexibility index (Phi) is 4.30. The molecular weight excluding hydrogens is 328 g/mol. The molecule has 3 aromatic rings. The van der Waals surface area contributed by atoms with E-state index < -0.39 is 12.0 Å². The summed E-state index contributed by atoms with van der Waals surface area (Å²) in [6, 6.07) is 4.92. The van der Waals surface area contributed by atoms with Crippen LogP contribution in [-0.2, 0) is 4.79 Å². The zero-order valence-electron chi connectivity index (χ0n) is 13.2. The predicted molar refractivity (Wildman–Crippen MR) is 89.2 cm³/mol. The summed E-state index contributed by atoms with van der Waals surface area (Å²) in [6.07, 6.45) is 1.27. The number of rotatable bonds is 5. The molecule has 3 aromatic heterocycles. The van der Waals surface area contributed by atoms with Crippen molar-refractivity contribution in [1.29, 1.82) is 0 Å². The summed E-state index contributed by atoms with van der Waals surface area (Å²) in [7, 11) is 0. The van der Waals surface area contributed by atoms with Crippen LogP contribution in [0.1, 0.15) is 39.1 Å². The predicted octanol–water partition coefficient (Wildman–Crippen LogP) is 2.35. The normalized spacial score (nSPS) is 12.2. The maximum atomic E-state index is 12.6. The highest BCUT2D eigenvalue weighted by Gasteiger charge is 2.22. The van der Waals surface area contributed by atoms with Gasteiger partial charge in [0.25, 0.3) is 5.91 Å². The summed E-state index contributed by atoms with van der Waals surface area (Å²) in [5, 5.41) is 17.9. The zero-order chi connectivity index (χ0) is 17.3. The first-order valence-electron chi connectivity index (χ1n) is 7.33. The molecule has 0 saturated carbocycles. The van der Waals surface area contributed by atoms with Gasteiger partial charge < -0.3 is 10.4 Å². The van der Waals surface area contributed by atoms with Gasteiger partial charge in [-0.1, -0.05) is 6.07 Å². The lowest BCUT2D eigenvalue weighted by atomic mass is 10.1. The highest BCUT2D eigenvalue weighted by atomic mass is 32.1. The van der Waals surface area contributed by atoms with Gasteiger partial charge in [0.1, 0.15) is 5.56 Å². The van der Waals surface area contributed by atoms with Gasteiger partial charge in [-0.05, 0) is 31.4 Å². The summed E-state index contributed by atoms with van der Waals surface area (Å²) in [6.45, 7) is 3.73. The van der Waals surface area contributed by atoms with Crippen molar-refractivity contribution in [2.75, 3.05) is 0 Å². The Balaban J connectivity index is 1.92. The van der Waals surface area contributed by atoms with Gasteiger partial charge in [0.15, 0.2) is 5.65 Å². The smallest absolute Gasteiger partial charge is 0.305 e. The molecule has 1 amide bonds. The van der Waals surface area contributed by atoms with E-state index in [1.54, 1.807) is 10.6 Å². The second-order valence-corrected chi connectivity index (χ2v) is 6.45. The topological polar surface area (TPSA) is 96.6 Å². The monoisotopic (exact) mass is 344 g/mol. The van der Waals surface area contributed by atoms with Crippen LogP contribution in [0.3, 0.4) is 0 Å². The van der Waals surface area contributed by atoms with E-state index in [0.29, 0.717) is 11.2 Å². The van der Waals surface area contributed by atoms with Gasteiger partial charge >= 0.3 is 5.97 Å². The molecule has 0 aromatic carbocycles. The third-order valence-electron chi connectivity index (χ3n) is 3.59. The fraction of sp³-hybridized carbons (Fsp3) is 0.250. The Morgan fingerprint density at radius 2 is 2.21 bits per heavy atom. The third-order valence-corrected chi connectivity index (χ3v) is 4.58. The van der Waals surface area contributed by atoms with Crippen molar-refractivity contribution in [3.63, 3.8) is 0 Å². The summed E-state index contributed by atoms with van der Waals surface area (Å²) >= 11 is 1.41. The molecule has 0 aliphatic heterocycles. The van der Waals surface area contributed by atoms with Gasteiger partial charge in [-0.15, -0.1) is 11.3 Å². The van der Waals surface area contributed by atoms with Crippen LogP contribution >= 0.6 is 11.3 Å². The minimum atomic E-state index is -0.974. The number of hydrogen-bond acceptors (Lipinski definition) is 5. The summed E-state index contributed by atoms with van der Waals surface area (Å²) in [4.78, 5) is 28.9. The van der Waals surface area contributed by atoms with Crippen LogP contribution in [0.5, 0.6) is 0 Å². The van der Waals surface area contributed by atoms with Crippen molar-refractivity contribution in [2.45, 2.75) is 26.3 Å². The molecule has 0 aliphatic rings. The van der Waals surface area contributed by atoms with E-state index in [2.05, 4.69) is 15.4 Å². The van der Waals surface area contributed by atoms with Gasteiger partial charge in [-0.25, -0.2) is 9.50 Å². The first kappa shape index (κ1) is 16.1. The lowest BCUT2D eigenvalue weighted by Gasteiger charge is -2.15. The Morgan fingerprint density at radius 1 is 1.42 bits per heavy atom. The number of aliphatic carboxylic acids is 1. The first-order valence-corrected chi connectivity index (χ1v) is 8.21. The second-order valence-electron chi connectivity index (χ2n) is 5.47. The van der Waals surface area contributed by atoms with Crippen LogP contribution < -0.4 is 5.32 Å². The van der Waals surface area contributed by atoms with E-state index >= 15 is 0 Å². The maximum Gasteiger partial charge on any atom is 0.305 e. The fourth-order valence-electron chi connectivity index (χ4n) is 2.55. The first-order chi connectivity index (χ1) is 11.5. The molecule has 0 bridgehead atoms. The van der Waals surface area contributed by atoms with Crippen molar-refractivity contribution in [3.05, 3.63) is 51.6 Å². The molecule has 8 heteroatoms. The molecule has 3 rings (SSSR count). The number of nitrogens with one attached hydrogen (secondary N) is 1. The second kappa shape index (κ2) is 6.40. The van der Waals surface area contributed by atoms with E-state index in [1.807, 2.05) is 31.4 Å². The molecule has 0 spiro atoms. The quantitative estimate of drug-likeness (QED) is 0.740. The van der Waals surface area contributed by atoms with Crippen molar-refractivity contribution >= 4 is 28.9 Å². The zero-order valence-corrected chi connectivity index (χ0v) is 14.0. The van der Waals surface area contributed by atoms with Crippen LogP contribution in [0.2, 0.25) is 0 Å². The number of carboxylic acid groups (broad SMARTS) is 1. The molecule has 2 N–H and O–H groups in total. The number of nitrogens with zero attached hydrogens (tertiary/aromatic N) is 3. The van der Waals surface area contributed by atoms with E-state index in [1.165, 1.54) is 17.5 Å². The van der Waals surface area contributed by atoms with Gasteiger partial charge in [-0.2, -0.15) is 5.10 Å². The number of hydrogen-bond donors (Lipinski definition) is 2. The van der Waals surface area contributed by atoms with Crippen LogP contribution in [0.25, 0.3) is 5.65 Å². The molecule has 0 aliphatic carbocycles. The Hall–Kier alpha value is -2.74. The molecule has 3 heterocycles. The van der Waals surface area contributed by atoms with E-state index in [4.69, 9.17) is 5.11 Å². The SMILES string of the molecule is Cc1cc(C)n2ncc(C(=O)NC(CC(=O)O)c3cccs3)c2n1. The molecule has 7 nitrogen and oxygen atoms in total. The highest BCUT2D eigenvalue weighted by molar-refractivity contribution is 7.10. The number of aromatic nitrogens is 3. The Morgan fingerprint density at radius 3 is 2.88 bits per heavy atom. The summed E-state index contributed by atoms with van der Waals surface area (Å²) in [5.74, 6) is -1.36. The number of fused-ring (bicyclic) bond motifs is 1. The van der Waals surface area contributed by atoms with Crippen molar-refractivity contribution in [3.8, 4) is 0 Å².